The van der Waals surface area contributed by atoms with Crippen LogP contribution in [0.5, 0.6) is 11.5 Å². The highest BCUT2D eigenvalue weighted by molar-refractivity contribution is 5.47. The predicted octanol–water partition coefficient (Wildman–Crippen LogP) is 8.16. The van der Waals surface area contributed by atoms with Gasteiger partial charge in [0, 0.05) is 11.5 Å². The fourth-order valence-electron chi connectivity index (χ4n) is 4.20. The Morgan fingerprint density at radius 1 is 0.724 bits per heavy atom. The van der Waals surface area contributed by atoms with Crippen LogP contribution < -0.4 is 0 Å². The summed E-state index contributed by atoms with van der Waals surface area (Å²) in [5.74, 6) is 0.915. The first kappa shape index (κ1) is 23.3. The molecule has 0 spiro atoms. The molecule has 29 heavy (non-hydrogen) atoms. The van der Waals surface area contributed by atoms with E-state index in [1.54, 1.807) is 6.07 Å². The third kappa shape index (κ3) is 7.42. The molecule has 0 aromatic heterocycles. The van der Waals surface area contributed by atoms with Crippen LogP contribution in [0.4, 0.5) is 0 Å². The fraction of sp³-hybridized carbons (Fsp3) is 0.556. The maximum atomic E-state index is 10.7. The zero-order valence-electron chi connectivity index (χ0n) is 18.7. The summed E-state index contributed by atoms with van der Waals surface area (Å²) in [7, 11) is 0. The van der Waals surface area contributed by atoms with Gasteiger partial charge in [-0.05, 0) is 43.0 Å². The van der Waals surface area contributed by atoms with E-state index in [0.29, 0.717) is 11.5 Å². The maximum Gasteiger partial charge on any atom is 0.122 e. The number of aromatic hydroxyl groups is 2. The van der Waals surface area contributed by atoms with E-state index in [1.165, 1.54) is 63.4 Å². The van der Waals surface area contributed by atoms with E-state index < -0.39 is 0 Å². The topological polar surface area (TPSA) is 40.5 Å². The molecule has 0 radical (unpaired) electrons. The van der Waals surface area contributed by atoms with Gasteiger partial charge in [0.1, 0.15) is 11.5 Å². The largest absolute Gasteiger partial charge is 0.508 e. The van der Waals surface area contributed by atoms with Crippen molar-refractivity contribution in [3.63, 3.8) is 0 Å². The number of aryl methyl sites for hydroxylation is 2. The summed E-state index contributed by atoms with van der Waals surface area (Å²) < 4.78 is 0. The average molecular weight is 397 g/mol. The van der Waals surface area contributed by atoms with Crippen molar-refractivity contribution in [1.29, 1.82) is 0 Å². The van der Waals surface area contributed by atoms with Crippen molar-refractivity contribution in [2.45, 2.75) is 97.3 Å². The highest BCUT2D eigenvalue weighted by Crippen LogP contribution is 2.38. The van der Waals surface area contributed by atoms with E-state index >= 15 is 0 Å². The quantitative estimate of drug-likeness (QED) is 0.335. The van der Waals surface area contributed by atoms with Gasteiger partial charge in [0.2, 0.25) is 0 Å². The lowest BCUT2D eigenvalue weighted by Crippen LogP contribution is -2.03. The lowest BCUT2D eigenvalue weighted by Gasteiger charge is -2.21. The zero-order valence-corrected chi connectivity index (χ0v) is 18.7. The lowest BCUT2D eigenvalue weighted by atomic mass is 9.84. The average Bonchev–Trinajstić information content (AvgIpc) is 2.71. The summed E-state index contributed by atoms with van der Waals surface area (Å²) in [6.45, 7) is 6.16. The standard InChI is InChI=1S/C27H40O2/c1-4-5-6-7-8-9-10-11-12-13-16-24(23-18-19-26(28)22(3)20-23)25-17-14-15-21(2)27(25)29/h14-15,17-20,24,28-29H,4-13,16H2,1-3H3. The highest BCUT2D eigenvalue weighted by Gasteiger charge is 2.19. The van der Waals surface area contributed by atoms with Crippen molar-refractivity contribution >= 4 is 0 Å². The summed E-state index contributed by atoms with van der Waals surface area (Å²) in [6.07, 6.45) is 14.3. The molecule has 0 heterocycles. The number of benzene rings is 2. The molecule has 0 saturated heterocycles. The van der Waals surface area contributed by atoms with Crippen molar-refractivity contribution in [3.05, 3.63) is 58.7 Å². The predicted molar refractivity (Wildman–Crippen MR) is 124 cm³/mol. The first-order chi connectivity index (χ1) is 14.0. The van der Waals surface area contributed by atoms with Crippen molar-refractivity contribution in [2.24, 2.45) is 0 Å². The molecule has 0 amide bonds. The lowest BCUT2D eigenvalue weighted by molar-refractivity contribution is 0.455. The third-order valence-corrected chi connectivity index (χ3v) is 6.11. The van der Waals surface area contributed by atoms with Gasteiger partial charge in [0.15, 0.2) is 0 Å². The molecule has 1 unspecified atom stereocenters. The van der Waals surface area contributed by atoms with E-state index in [2.05, 4.69) is 13.0 Å². The number of phenols is 2. The Balaban J connectivity index is 1.92. The van der Waals surface area contributed by atoms with Crippen LogP contribution >= 0.6 is 0 Å². The Labute approximate surface area is 178 Å². The molecule has 2 nitrogen and oxygen atoms in total. The van der Waals surface area contributed by atoms with Gasteiger partial charge < -0.3 is 10.2 Å². The Bertz CT molecular complexity index is 735. The molecular weight excluding hydrogens is 356 g/mol. The second kappa shape index (κ2) is 12.6. The van der Waals surface area contributed by atoms with E-state index in [1.807, 2.05) is 38.1 Å². The van der Waals surface area contributed by atoms with Gasteiger partial charge >= 0.3 is 0 Å². The van der Waals surface area contributed by atoms with Crippen LogP contribution in [0.15, 0.2) is 36.4 Å². The van der Waals surface area contributed by atoms with Gasteiger partial charge in [-0.3, -0.25) is 0 Å². The minimum absolute atomic E-state index is 0.170. The first-order valence-corrected chi connectivity index (χ1v) is 11.6. The Kier molecular flexibility index (Phi) is 10.1. The highest BCUT2D eigenvalue weighted by atomic mass is 16.3. The van der Waals surface area contributed by atoms with Crippen LogP contribution in [0.3, 0.4) is 0 Å². The monoisotopic (exact) mass is 396 g/mol. The zero-order chi connectivity index (χ0) is 21.1. The van der Waals surface area contributed by atoms with E-state index in [-0.39, 0.29) is 5.92 Å². The normalized spacial score (nSPS) is 12.2. The van der Waals surface area contributed by atoms with Gasteiger partial charge in [-0.15, -0.1) is 0 Å². The van der Waals surface area contributed by atoms with Crippen molar-refractivity contribution in [2.75, 3.05) is 0 Å². The maximum absolute atomic E-state index is 10.7. The number of hydrogen-bond donors (Lipinski definition) is 2. The Morgan fingerprint density at radius 3 is 1.97 bits per heavy atom. The molecule has 0 aliphatic heterocycles. The van der Waals surface area contributed by atoms with Crippen molar-refractivity contribution in [3.8, 4) is 11.5 Å². The van der Waals surface area contributed by atoms with Crippen LogP contribution in [0, 0.1) is 13.8 Å². The summed E-state index contributed by atoms with van der Waals surface area (Å²) in [5, 5.41) is 20.6. The third-order valence-electron chi connectivity index (χ3n) is 6.11. The van der Waals surface area contributed by atoms with Crippen LogP contribution in [0.1, 0.15) is 106 Å². The molecular formula is C27H40O2. The number of unbranched alkanes of at least 4 members (excludes halogenated alkanes) is 9. The molecule has 0 aliphatic rings. The molecule has 1 atom stereocenters. The molecule has 2 rings (SSSR count). The van der Waals surface area contributed by atoms with Crippen molar-refractivity contribution < 1.29 is 10.2 Å². The molecule has 0 fully saturated rings. The number of hydrogen-bond acceptors (Lipinski definition) is 2. The number of para-hydroxylation sites is 1. The summed E-state index contributed by atoms with van der Waals surface area (Å²) >= 11 is 0. The van der Waals surface area contributed by atoms with Crippen LogP contribution in [-0.2, 0) is 0 Å². The number of phenolic OH excluding ortho intramolecular Hbond substituents is 2. The van der Waals surface area contributed by atoms with Crippen molar-refractivity contribution in [1.82, 2.24) is 0 Å². The molecule has 0 saturated carbocycles. The van der Waals surface area contributed by atoms with Gasteiger partial charge in [0.05, 0.1) is 0 Å². The second-order valence-electron chi connectivity index (χ2n) is 8.58. The van der Waals surface area contributed by atoms with Crippen LogP contribution in [0.2, 0.25) is 0 Å². The minimum Gasteiger partial charge on any atom is -0.508 e. The molecule has 0 bridgehead atoms. The molecule has 2 N–H and O–H groups in total. The number of rotatable bonds is 13. The van der Waals surface area contributed by atoms with Crippen LogP contribution in [-0.4, -0.2) is 10.2 Å². The Morgan fingerprint density at radius 2 is 1.34 bits per heavy atom. The SMILES string of the molecule is CCCCCCCCCCCCC(c1ccc(O)c(C)c1)c1cccc(C)c1O. The van der Waals surface area contributed by atoms with Gasteiger partial charge in [0.25, 0.3) is 0 Å². The Hall–Kier alpha value is -1.96. The molecule has 160 valence electrons. The smallest absolute Gasteiger partial charge is 0.122 e. The van der Waals surface area contributed by atoms with Gasteiger partial charge in [-0.1, -0.05) is 101 Å². The van der Waals surface area contributed by atoms with E-state index in [0.717, 1.165) is 29.5 Å². The van der Waals surface area contributed by atoms with Crippen LogP contribution in [0.25, 0.3) is 0 Å². The first-order valence-electron chi connectivity index (χ1n) is 11.6. The van der Waals surface area contributed by atoms with Gasteiger partial charge in [-0.2, -0.15) is 0 Å². The fourth-order valence-corrected chi connectivity index (χ4v) is 4.20. The molecule has 2 heteroatoms. The van der Waals surface area contributed by atoms with E-state index in [4.69, 9.17) is 0 Å². The second-order valence-corrected chi connectivity index (χ2v) is 8.58. The molecule has 2 aromatic carbocycles. The van der Waals surface area contributed by atoms with Gasteiger partial charge in [-0.25, -0.2) is 0 Å². The minimum atomic E-state index is 0.170. The summed E-state index contributed by atoms with van der Waals surface area (Å²) in [6, 6.07) is 11.9. The molecule has 0 aliphatic carbocycles. The summed E-state index contributed by atoms with van der Waals surface area (Å²) in [5.41, 5.74) is 4.00. The summed E-state index contributed by atoms with van der Waals surface area (Å²) in [4.78, 5) is 0. The molecule has 2 aromatic rings. The van der Waals surface area contributed by atoms with E-state index in [9.17, 15) is 10.2 Å².